The van der Waals surface area contributed by atoms with Gasteiger partial charge in [0.2, 0.25) is 5.78 Å². The van der Waals surface area contributed by atoms with Crippen LogP contribution in [0.4, 0.5) is 8.78 Å². The number of alkyl halides is 2. The van der Waals surface area contributed by atoms with E-state index in [0.717, 1.165) is 0 Å². The first kappa shape index (κ1) is 11.0. The van der Waals surface area contributed by atoms with Crippen molar-refractivity contribution in [3.8, 4) is 0 Å². The largest absolute Gasteiger partial charge is 0.461 e. The minimum absolute atomic E-state index is 0.0955. The second-order valence-electron chi connectivity index (χ2n) is 2.27. The molecule has 0 atom stereocenters. The molecule has 0 aliphatic carbocycles. The topological polar surface area (TPSA) is 43.4 Å². The number of esters is 1. The Kier molecular flexibility index (Phi) is 3.79. The molecule has 0 aliphatic rings. The molecule has 0 unspecified atom stereocenters. The van der Waals surface area contributed by atoms with E-state index in [1.165, 1.54) is 0 Å². The highest BCUT2D eigenvalue weighted by Crippen LogP contribution is 2.16. The lowest BCUT2D eigenvalue weighted by Crippen LogP contribution is -2.37. The molecule has 0 saturated carbocycles. The molecule has 0 bridgehead atoms. The normalized spacial score (nSPS) is 11.0. The molecular formula is C7H10F2O3. The zero-order valence-corrected chi connectivity index (χ0v) is 6.89. The number of ether oxygens (including phenoxy) is 1. The molecule has 12 heavy (non-hydrogen) atoms. The van der Waals surface area contributed by atoms with Crippen molar-refractivity contribution in [2.45, 2.75) is 26.2 Å². The van der Waals surface area contributed by atoms with Crippen LogP contribution in [0.15, 0.2) is 0 Å². The zero-order valence-electron chi connectivity index (χ0n) is 6.89. The van der Waals surface area contributed by atoms with Gasteiger partial charge in [-0.2, -0.15) is 8.78 Å². The first-order valence-electron chi connectivity index (χ1n) is 3.49. The van der Waals surface area contributed by atoms with E-state index >= 15 is 0 Å². The Morgan fingerprint density at radius 2 is 1.92 bits per heavy atom. The summed E-state index contributed by atoms with van der Waals surface area (Å²) in [5.74, 6) is -7.25. The molecule has 0 radical (unpaired) electrons. The van der Waals surface area contributed by atoms with Crippen molar-refractivity contribution in [3.05, 3.63) is 0 Å². The summed E-state index contributed by atoms with van der Waals surface area (Å²) in [6.07, 6.45) is 0.444. The first-order chi connectivity index (χ1) is 5.42. The standard InChI is InChI=1S/C7H10F2O3/c1-3-4-12-6(11)7(8,9)5(2)10/h3-4H2,1-2H3. The molecule has 0 aromatic heterocycles. The van der Waals surface area contributed by atoms with E-state index in [-0.39, 0.29) is 6.61 Å². The molecule has 0 saturated heterocycles. The number of hydrogen-bond donors (Lipinski definition) is 0. The molecule has 0 spiro atoms. The summed E-state index contributed by atoms with van der Waals surface area (Å²) in [5.41, 5.74) is 0. The van der Waals surface area contributed by atoms with Crippen LogP contribution in [-0.4, -0.2) is 24.3 Å². The fourth-order valence-corrected chi connectivity index (χ4v) is 0.429. The minimum atomic E-state index is -3.99. The predicted molar refractivity (Wildman–Crippen MR) is 36.9 cm³/mol. The monoisotopic (exact) mass is 180 g/mol. The van der Waals surface area contributed by atoms with Crippen LogP contribution in [-0.2, 0) is 14.3 Å². The third-order valence-electron chi connectivity index (χ3n) is 1.14. The Morgan fingerprint density at radius 1 is 1.42 bits per heavy atom. The highest BCUT2D eigenvalue weighted by Gasteiger charge is 2.45. The van der Waals surface area contributed by atoms with Gasteiger partial charge in [-0.3, -0.25) is 4.79 Å². The van der Waals surface area contributed by atoms with Crippen LogP contribution in [0.3, 0.4) is 0 Å². The minimum Gasteiger partial charge on any atom is -0.461 e. The molecular weight excluding hydrogens is 170 g/mol. The lowest BCUT2D eigenvalue weighted by Gasteiger charge is -2.10. The van der Waals surface area contributed by atoms with Gasteiger partial charge in [0.05, 0.1) is 6.61 Å². The van der Waals surface area contributed by atoms with Crippen molar-refractivity contribution >= 4 is 11.8 Å². The van der Waals surface area contributed by atoms with Crippen molar-refractivity contribution in [1.82, 2.24) is 0 Å². The summed E-state index contributed by atoms with van der Waals surface area (Å²) in [4.78, 5) is 20.7. The van der Waals surface area contributed by atoms with E-state index in [0.29, 0.717) is 13.3 Å². The van der Waals surface area contributed by atoms with E-state index < -0.39 is 17.7 Å². The van der Waals surface area contributed by atoms with Crippen molar-refractivity contribution in [1.29, 1.82) is 0 Å². The van der Waals surface area contributed by atoms with E-state index in [4.69, 9.17) is 0 Å². The van der Waals surface area contributed by atoms with Gasteiger partial charge in [0.25, 0.3) is 0 Å². The molecule has 70 valence electrons. The summed E-state index contributed by atoms with van der Waals surface area (Å²) < 4.78 is 29.0. The quantitative estimate of drug-likeness (QED) is 0.481. The number of carbonyl (C=O) groups excluding carboxylic acids is 2. The van der Waals surface area contributed by atoms with E-state index in [1.54, 1.807) is 6.92 Å². The van der Waals surface area contributed by atoms with Gasteiger partial charge in [-0.25, -0.2) is 4.79 Å². The fraction of sp³-hybridized carbons (Fsp3) is 0.714. The molecule has 0 rings (SSSR count). The SMILES string of the molecule is CCCOC(=O)C(F)(F)C(C)=O. The molecule has 0 N–H and O–H groups in total. The number of hydrogen-bond acceptors (Lipinski definition) is 3. The van der Waals surface area contributed by atoms with Gasteiger partial charge in [0.15, 0.2) is 0 Å². The smallest absolute Gasteiger partial charge is 0.399 e. The van der Waals surface area contributed by atoms with Crippen LogP contribution in [0.1, 0.15) is 20.3 Å². The second kappa shape index (κ2) is 4.13. The number of rotatable bonds is 4. The van der Waals surface area contributed by atoms with Gasteiger partial charge in [0.1, 0.15) is 0 Å². The van der Waals surface area contributed by atoms with Gasteiger partial charge in [-0.1, -0.05) is 6.92 Å². The summed E-state index contributed by atoms with van der Waals surface area (Å²) in [7, 11) is 0. The van der Waals surface area contributed by atoms with Crippen LogP contribution < -0.4 is 0 Å². The van der Waals surface area contributed by atoms with Crippen LogP contribution in [0.5, 0.6) is 0 Å². The van der Waals surface area contributed by atoms with Crippen molar-refractivity contribution < 1.29 is 23.1 Å². The Bertz CT molecular complexity index is 189. The second-order valence-corrected chi connectivity index (χ2v) is 2.27. The van der Waals surface area contributed by atoms with E-state index in [2.05, 4.69) is 4.74 Å². The van der Waals surface area contributed by atoms with Crippen LogP contribution in [0.25, 0.3) is 0 Å². The Morgan fingerprint density at radius 3 is 2.25 bits per heavy atom. The third kappa shape index (κ3) is 2.56. The molecule has 0 aromatic carbocycles. The predicted octanol–water partition coefficient (Wildman–Crippen LogP) is 1.16. The van der Waals surface area contributed by atoms with Gasteiger partial charge in [-0.15, -0.1) is 0 Å². The third-order valence-corrected chi connectivity index (χ3v) is 1.14. The zero-order chi connectivity index (χ0) is 9.78. The average Bonchev–Trinajstić information content (AvgIpc) is 1.99. The summed E-state index contributed by atoms with van der Waals surface area (Å²) in [6.45, 7) is 2.22. The molecule has 0 heterocycles. The Balaban J connectivity index is 4.16. The first-order valence-corrected chi connectivity index (χ1v) is 3.49. The van der Waals surface area contributed by atoms with E-state index in [9.17, 15) is 18.4 Å². The Labute approximate surface area is 68.7 Å². The maximum Gasteiger partial charge on any atom is 0.399 e. The maximum atomic E-state index is 12.4. The van der Waals surface area contributed by atoms with Crippen molar-refractivity contribution in [2.75, 3.05) is 6.61 Å². The Hall–Kier alpha value is -1.00. The molecule has 0 amide bonds. The van der Waals surface area contributed by atoms with Gasteiger partial charge >= 0.3 is 11.9 Å². The number of halogens is 2. The summed E-state index contributed by atoms with van der Waals surface area (Å²) in [6, 6.07) is 0. The maximum absolute atomic E-state index is 12.4. The molecule has 0 fully saturated rings. The lowest BCUT2D eigenvalue weighted by molar-refractivity contribution is -0.176. The fourth-order valence-electron chi connectivity index (χ4n) is 0.429. The van der Waals surface area contributed by atoms with Gasteiger partial charge < -0.3 is 4.74 Å². The summed E-state index contributed by atoms with van der Waals surface area (Å²) in [5, 5.41) is 0. The van der Waals surface area contributed by atoms with Gasteiger partial charge in [-0.05, 0) is 6.42 Å². The number of Topliss-reactive ketones (excluding diaryl/α,β-unsaturated/α-hetero) is 1. The van der Waals surface area contributed by atoms with Crippen molar-refractivity contribution in [3.63, 3.8) is 0 Å². The molecule has 0 aliphatic heterocycles. The highest BCUT2D eigenvalue weighted by atomic mass is 19.3. The highest BCUT2D eigenvalue weighted by molar-refractivity contribution is 6.04. The van der Waals surface area contributed by atoms with Crippen LogP contribution in [0, 0.1) is 0 Å². The molecule has 3 nitrogen and oxygen atoms in total. The van der Waals surface area contributed by atoms with Gasteiger partial charge in [0, 0.05) is 6.92 Å². The van der Waals surface area contributed by atoms with Crippen molar-refractivity contribution in [2.24, 2.45) is 0 Å². The van der Waals surface area contributed by atoms with Crippen LogP contribution >= 0.6 is 0 Å². The number of ketones is 1. The molecule has 5 heteroatoms. The van der Waals surface area contributed by atoms with E-state index in [1.807, 2.05) is 0 Å². The molecule has 0 aromatic rings. The summed E-state index contributed by atoms with van der Waals surface area (Å²) >= 11 is 0. The average molecular weight is 180 g/mol. The van der Waals surface area contributed by atoms with Crippen LogP contribution in [0.2, 0.25) is 0 Å². The number of carbonyl (C=O) groups is 2. The lowest BCUT2D eigenvalue weighted by atomic mass is 10.2.